The van der Waals surface area contributed by atoms with Crippen LogP contribution < -0.4 is 10.1 Å². The number of carbonyl (C=O) groups excluding carboxylic acids is 1. The molecule has 0 aromatic heterocycles. The van der Waals surface area contributed by atoms with Gasteiger partial charge >= 0.3 is 35.5 Å². The molecule has 1 unspecified atom stereocenters. The molecule has 1 rings (SSSR count). The number of hydrogen-bond donors (Lipinski definition) is 3. The molecule has 0 aliphatic rings. The van der Waals surface area contributed by atoms with Crippen molar-refractivity contribution >= 4 is 45.6 Å². The van der Waals surface area contributed by atoms with Crippen LogP contribution in [0.4, 0.5) is 0 Å². The molecule has 1 aromatic rings. The van der Waals surface area contributed by atoms with Crippen molar-refractivity contribution in [3.8, 4) is 5.75 Å². The van der Waals surface area contributed by atoms with Gasteiger partial charge in [-0.3, -0.25) is 14.7 Å². The van der Waals surface area contributed by atoms with Crippen LogP contribution in [-0.4, -0.2) is 66.4 Å². The third kappa shape index (κ3) is 14.5. The van der Waals surface area contributed by atoms with E-state index < -0.39 is 16.3 Å². The van der Waals surface area contributed by atoms with Crippen LogP contribution in [0.1, 0.15) is 77.6 Å². The van der Waals surface area contributed by atoms with E-state index in [1.807, 2.05) is 0 Å². The molecule has 1 aromatic carbocycles. The molecule has 9 heteroatoms. The monoisotopic (exact) mass is 453 g/mol. The number of aliphatic hydroxyl groups is 1. The molecule has 3 N–H and O–H groups in total. The Morgan fingerprint density at radius 2 is 1.60 bits per heavy atom. The summed E-state index contributed by atoms with van der Waals surface area (Å²) >= 11 is 0. The van der Waals surface area contributed by atoms with Gasteiger partial charge in [-0.25, -0.2) is 0 Å². The molecule has 0 aliphatic carbocycles. The molecule has 0 spiro atoms. The SMILES string of the molecule is CCCCCCCCC(O)NCCCCCC(=O)Oc1ccc(S(=O)(=O)O)cc1.[NaH]. The standard InChI is InChI=1S/C21H35NO6S.Na.H/c1-2-3-4-5-6-8-11-20(23)22-17-10-7-9-12-21(24)28-18-13-15-19(16-14-18)29(25,26)27;;/h13-16,20,22-23H,2-12,17H2,1H3,(H,25,26,27);;. The van der Waals surface area contributed by atoms with Crippen molar-refractivity contribution in [2.24, 2.45) is 0 Å². The van der Waals surface area contributed by atoms with Gasteiger partial charge in [-0.2, -0.15) is 8.42 Å². The Morgan fingerprint density at radius 1 is 1.00 bits per heavy atom. The van der Waals surface area contributed by atoms with E-state index in [1.165, 1.54) is 56.4 Å². The van der Waals surface area contributed by atoms with E-state index in [2.05, 4.69) is 12.2 Å². The first-order valence-corrected chi connectivity index (χ1v) is 12.0. The average Bonchev–Trinajstić information content (AvgIpc) is 2.67. The van der Waals surface area contributed by atoms with Crippen molar-refractivity contribution in [3.05, 3.63) is 24.3 Å². The van der Waals surface area contributed by atoms with E-state index >= 15 is 0 Å². The van der Waals surface area contributed by atoms with Crippen molar-refractivity contribution in [3.63, 3.8) is 0 Å². The summed E-state index contributed by atoms with van der Waals surface area (Å²) in [4.78, 5) is 11.6. The van der Waals surface area contributed by atoms with Crippen LogP contribution >= 0.6 is 0 Å². The average molecular weight is 454 g/mol. The van der Waals surface area contributed by atoms with Crippen LogP contribution in [-0.2, 0) is 14.9 Å². The molecule has 0 fully saturated rings. The van der Waals surface area contributed by atoms with Crippen LogP contribution in [0.15, 0.2) is 29.2 Å². The molecule has 0 saturated heterocycles. The summed E-state index contributed by atoms with van der Waals surface area (Å²) in [7, 11) is -4.25. The summed E-state index contributed by atoms with van der Waals surface area (Å²) in [5, 5.41) is 13.0. The zero-order valence-corrected chi connectivity index (χ0v) is 18.1. The second-order valence-corrected chi connectivity index (χ2v) is 8.68. The first kappa shape index (κ1) is 29.5. The second kappa shape index (κ2) is 17.1. The predicted molar refractivity (Wildman–Crippen MR) is 120 cm³/mol. The van der Waals surface area contributed by atoms with Gasteiger partial charge in [-0.15, -0.1) is 0 Å². The summed E-state index contributed by atoms with van der Waals surface area (Å²) in [6, 6.07) is 5.02. The fourth-order valence-electron chi connectivity index (χ4n) is 2.92. The topological polar surface area (TPSA) is 113 Å². The molecule has 0 saturated carbocycles. The Hall–Kier alpha value is -0.480. The van der Waals surface area contributed by atoms with Crippen molar-refractivity contribution in [2.75, 3.05) is 6.54 Å². The Bertz CT molecular complexity index is 681. The van der Waals surface area contributed by atoms with Crippen LogP contribution in [0.5, 0.6) is 5.75 Å². The normalized spacial score (nSPS) is 12.2. The summed E-state index contributed by atoms with van der Waals surface area (Å²) in [6.45, 7) is 2.91. The minimum atomic E-state index is -4.25. The third-order valence-electron chi connectivity index (χ3n) is 4.62. The number of rotatable bonds is 16. The van der Waals surface area contributed by atoms with Gasteiger partial charge in [0.25, 0.3) is 10.1 Å². The van der Waals surface area contributed by atoms with Crippen molar-refractivity contribution in [1.82, 2.24) is 5.32 Å². The Morgan fingerprint density at radius 3 is 2.23 bits per heavy atom. The van der Waals surface area contributed by atoms with E-state index in [0.717, 1.165) is 25.7 Å². The van der Waals surface area contributed by atoms with Crippen molar-refractivity contribution < 1.29 is 27.6 Å². The molecule has 30 heavy (non-hydrogen) atoms. The predicted octanol–water partition coefficient (Wildman–Crippen LogP) is 3.41. The molecule has 0 radical (unpaired) electrons. The molecule has 0 aliphatic heterocycles. The molecular weight excluding hydrogens is 417 g/mol. The van der Waals surface area contributed by atoms with E-state index in [1.54, 1.807) is 0 Å². The van der Waals surface area contributed by atoms with E-state index in [-0.39, 0.29) is 52.6 Å². The number of nitrogens with one attached hydrogen (secondary N) is 1. The van der Waals surface area contributed by atoms with Crippen molar-refractivity contribution in [1.29, 1.82) is 0 Å². The van der Waals surface area contributed by atoms with Gasteiger partial charge in [0.15, 0.2) is 0 Å². The number of ether oxygens (including phenoxy) is 1. The van der Waals surface area contributed by atoms with E-state index in [0.29, 0.717) is 13.0 Å². The number of aliphatic hydroxyl groups excluding tert-OH is 1. The zero-order valence-electron chi connectivity index (χ0n) is 17.3. The van der Waals surface area contributed by atoms with Gasteiger partial charge in [-0.05, 0) is 56.5 Å². The molecule has 0 amide bonds. The number of esters is 1. The van der Waals surface area contributed by atoms with E-state index in [4.69, 9.17) is 9.29 Å². The quantitative estimate of drug-likeness (QED) is 0.0878. The summed E-state index contributed by atoms with van der Waals surface area (Å²) in [5.74, 6) is -0.150. The number of unbranched alkanes of at least 4 members (excludes halogenated alkanes) is 7. The van der Waals surface area contributed by atoms with Crippen LogP contribution in [0.2, 0.25) is 0 Å². The maximum atomic E-state index is 11.8. The van der Waals surface area contributed by atoms with Crippen LogP contribution in [0.25, 0.3) is 0 Å². The Kier molecular flexibility index (Phi) is 16.8. The van der Waals surface area contributed by atoms with Gasteiger partial charge in [0.1, 0.15) is 12.0 Å². The first-order chi connectivity index (χ1) is 13.8. The fourth-order valence-corrected chi connectivity index (χ4v) is 3.40. The van der Waals surface area contributed by atoms with Crippen LogP contribution in [0.3, 0.4) is 0 Å². The second-order valence-electron chi connectivity index (χ2n) is 7.26. The van der Waals surface area contributed by atoms with Crippen molar-refractivity contribution in [2.45, 2.75) is 88.7 Å². The van der Waals surface area contributed by atoms with Gasteiger partial charge in [-0.1, -0.05) is 45.4 Å². The number of hydrogen-bond acceptors (Lipinski definition) is 6. The zero-order chi connectivity index (χ0) is 21.5. The Balaban J connectivity index is 0.00000841. The molecule has 0 bridgehead atoms. The number of benzene rings is 1. The Labute approximate surface area is 203 Å². The van der Waals surface area contributed by atoms with Gasteiger partial charge in [0.2, 0.25) is 0 Å². The summed E-state index contributed by atoms with van der Waals surface area (Å²) in [6.07, 6.45) is 10.2. The summed E-state index contributed by atoms with van der Waals surface area (Å²) < 4.78 is 36.0. The molecule has 168 valence electrons. The summed E-state index contributed by atoms with van der Waals surface area (Å²) in [5.41, 5.74) is 0. The molecular formula is C21H36NNaO6S. The van der Waals surface area contributed by atoms with E-state index in [9.17, 15) is 18.3 Å². The third-order valence-corrected chi connectivity index (χ3v) is 5.49. The molecule has 0 heterocycles. The van der Waals surface area contributed by atoms with Gasteiger partial charge in [0, 0.05) is 6.42 Å². The van der Waals surface area contributed by atoms with Crippen LogP contribution in [0, 0.1) is 0 Å². The minimum absolute atomic E-state index is 0. The first-order valence-electron chi connectivity index (χ1n) is 10.5. The molecule has 7 nitrogen and oxygen atoms in total. The molecule has 1 atom stereocenters. The van der Waals surface area contributed by atoms with Gasteiger partial charge < -0.3 is 9.84 Å². The maximum absolute atomic E-state index is 11.8. The van der Waals surface area contributed by atoms with Gasteiger partial charge in [0.05, 0.1) is 4.90 Å². The fraction of sp³-hybridized carbons (Fsp3) is 0.667. The number of carbonyl (C=O) groups is 1.